The summed E-state index contributed by atoms with van der Waals surface area (Å²) in [6, 6.07) is 0. The van der Waals surface area contributed by atoms with Crippen LogP contribution in [0.5, 0.6) is 0 Å². The molecule has 0 unspecified atom stereocenters. The van der Waals surface area contributed by atoms with E-state index in [1.807, 2.05) is 0 Å². The fourth-order valence-corrected chi connectivity index (χ4v) is 2.37. The number of amides is 1. The molecule has 0 aromatic rings. The van der Waals surface area contributed by atoms with Crippen molar-refractivity contribution < 1.29 is 18.3 Å². The van der Waals surface area contributed by atoms with Gasteiger partial charge in [0, 0.05) is 26.2 Å². The van der Waals surface area contributed by atoms with Crippen LogP contribution in [0.4, 0.5) is 8.78 Å². The lowest BCUT2D eigenvalue weighted by Crippen LogP contribution is -2.49. The molecule has 1 saturated heterocycles. The molecule has 0 aliphatic carbocycles. The average molecular weight is 307 g/mol. The summed E-state index contributed by atoms with van der Waals surface area (Å²) in [6.07, 6.45) is 1.08. The third kappa shape index (κ3) is 8.28. The minimum absolute atomic E-state index is 0.00736. The highest BCUT2D eigenvalue weighted by Gasteiger charge is 2.20. The Kier molecular flexibility index (Phi) is 9.45. The van der Waals surface area contributed by atoms with Crippen molar-refractivity contribution in [1.82, 2.24) is 9.80 Å². The predicted octanol–water partition coefficient (Wildman–Crippen LogP) is 0.931. The number of nitrogens with zero attached hydrogens (tertiary/aromatic N) is 2. The van der Waals surface area contributed by atoms with E-state index in [9.17, 15) is 13.6 Å². The van der Waals surface area contributed by atoms with Crippen LogP contribution >= 0.6 is 0 Å². The second kappa shape index (κ2) is 10.9. The fourth-order valence-electron chi connectivity index (χ4n) is 2.37. The van der Waals surface area contributed by atoms with Gasteiger partial charge >= 0.3 is 0 Å². The van der Waals surface area contributed by atoms with Gasteiger partial charge in [-0.05, 0) is 25.9 Å². The van der Waals surface area contributed by atoms with E-state index in [1.54, 1.807) is 4.90 Å². The van der Waals surface area contributed by atoms with Gasteiger partial charge in [-0.15, -0.1) is 0 Å². The molecule has 2 N–H and O–H groups in total. The Morgan fingerprint density at radius 1 is 1.14 bits per heavy atom. The number of halogens is 2. The Labute approximate surface area is 125 Å². The molecule has 21 heavy (non-hydrogen) atoms. The maximum atomic E-state index is 11.9. The minimum Gasteiger partial charge on any atom is -0.375 e. The number of unbranched alkanes of at least 4 members (excludes halogenated alkanes) is 2. The van der Waals surface area contributed by atoms with E-state index < -0.39 is 13.0 Å². The van der Waals surface area contributed by atoms with E-state index in [-0.39, 0.29) is 18.9 Å². The van der Waals surface area contributed by atoms with E-state index in [0.717, 1.165) is 45.4 Å². The number of hydrogen-bond donors (Lipinski definition) is 1. The van der Waals surface area contributed by atoms with E-state index in [1.165, 1.54) is 0 Å². The lowest BCUT2D eigenvalue weighted by molar-refractivity contribution is -0.134. The first-order valence-corrected chi connectivity index (χ1v) is 7.69. The zero-order chi connectivity index (χ0) is 15.5. The van der Waals surface area contributed by atoms with E-state index in [2.05, 4.69) is 4.90 Å². The molecule has 0 radical (unpaired) electrons. The molecule has 1 rings (SSSR count). The van der Waals surface area contributed by atoms with Gasteiger partial charge in [0.2, 0.25) is 5.91 Å². The molecular weight excluding hydrogens is 280 g/mol. The molecule has 0 aromatic carbocycles. The van der Waals surface area contributed by atoms with Gasteiger partial charge in [-0.1, -0.05) is 6.42 Å². The van der Waals surface area contributed by atoms with Gasteiger partial charge in [-0.2, -0.15) is 0 Å². The molecule has 0 aromatic heterocycles. The molecule has 0 bridgehead atoms. The maximum Gasteiger partial charge on any atom is 0.261 e. The molecule has 7 heteroatoms. The Morgan fingerprint density at radius 3 is 2.48 bits per heavy atom. The quantitative estimate of drug-likeness (QED) is 0.610. The average Bonchev–Trinajstić information content (AvgIpc) is 2.48. The molecule has 1 fully saturated rings. The SMILES string of the molecule is NCCCCCN1CCN(C(=O)CCOCC(F)F)CC1. The van der Waals surface area contributed by atoms with E-state index in [0.29, 0.717) is 13.1 Å². The van der Waals surface area contributed by atoms with Gasteiger partial charge in [0.1, 0.15) is 6.61 Å². The monoisotopic (exact) mass is 307 g/mol. The van der Waals surface area contributed by atoms with Crippen LogP contribution in [0.25, 0.3) is 0 Å². The number of hydrogen-bond acceptors (Lipinski definition) is 4. The van der Waals surface area contributed by atoms with Crippen LogP contribution < -0.4 is 5.73 Å². The third-order valence-corrected chi connectivity index (χ3v) is 3.61. The lowest BCUT2D eigenvalue weighted by Gasteiger charge is -2.34. The Balaban J connectivity index is 2.07. The van der Waals surface area contributed by atoms with Crippen LogP contribution in [0.15, 0.2) is 0 Å². The van der Waals surface area contributed by atoms with Gasteiger partial charge in [-0.3, -0.25) is 9.69 Å². The van der Waals surface area contributed by atoms with Crippen molar-refractivity contribution in [1.29, 1.82) is 0 Å². The van der Waals surface area contributed by atoms with Crippen molar-refractivity contribution in [3.63, 3.8) is 0 Å². The van der Waals surface area contributed by atoms with Crippen LogP contribution in [0, 0.1) is 0 Å². The topological polar surface area (TPSA) is 58.8 Å². The Hall–Kier alpha value is -0.790. The van der Waals surface area contributed by atoms with E-state index in [4.69, 9.17) is 10.5 Å². The summed E-state index contributed by atoms with van der Waals surface area (Å²) in [6.45, 7) is 4.47. The van der Waals surface area contributed by atoms with E-state index >= 15 is 0 Å². The minimum atomic E-state index is -2.47. The molecular formula is C14H27F2N3O2. The summed E-state index contributed by atoms with van der Waals surface area (Å²) < 4.78 is 28.5. The second-order valence-electron chi connectivity index (χ2n) is 5.29. The smallest absolute Gasteiger partial charge is 0.261 e. The fraction of sp³-hybridized carbons (Fsp3) is 0.929. The first-order chi connectivity index (χ1) is 10.1. The number of alkyl halides is 2. The zero-order valence-corrected chi connectivity index (χ0v) is 12.6. The van der Waals surface area contributed by atoms with Gasteiger partial charge in [0.25, 0.3) is 6.43 Å². The molecule has 0 atom stereocenters. The molecule has 1 aliphatic rings. The molecule has 1 amide bonds. The summed E-state index contributed by atoms with van der Waals surface area (Å²) in [5.41, 5.74) is 5.46. The van der Waals surface area contributed by atoms with Crippen LogP contribution in [0.2, 0.25) is 0 Å². The Bertz CT molecular complexity index is 285. The standard InChI is InChI=1S/C14H27F2N3O2/c15-13(16)12-21-11-4-14(20)19-9-7-18(8-10-19)6-3-1-2-5-17/h13H,1-12,17H2. The number of carbonyl (C=O) groups is 1. The Morgan fingerprint density at radius 2 is 1.86 bits per heavy atom. The zero-order valence-electron chi connectivity index (χ0n) is 12.6. The van der Waals surface area contributed by atoms with Gasteiger partial charge in [0.15, 0.2) is 0 Å². The molecule has 5 nitrogen and oxygen atoms in total. The normalized spacial score (nSPS) is 16.7. The second-order valence-corrected chi connectivity index (χ2v) is 5.29. The molecule has 0 saturated carbocycles. The lowest BCUT2D eigenvalue weighted by atomic mass is 10.2. The highest BCUT2D eigenvalue weighted by molar-refractivity contribution is 5.76. The van der Waals surface area contributed by atoms with Crippen molar-refractivity contribution in [2.45, 2.75) is 32.1 Å². The first kappa shape index (κ1) is 18.3. The summed E-state index contributed by atoms with van der Waals surface area (Å²) in [4.78, 5) is 16.0. The van der Waals surface area contributed by atoms with Crippen molar-refractivity contribution in [3.05, 3.63) is 0 Å². The molecule has 1 aliphatic heterocycles. The van der Waals surface area contributed by atoms with Gasteiger partial charge in [0.05, 0.1) is 13.0 Å². The van der Waals surface area contributed by atoms with Crippen LogP contribution in [-0.2, 0) is 9.53 Å². The third-order valence-electron chi connectivity index (χ3n) is 3.61. The van der Waals surface area contributed by atoms with Crippen LogP contribution in [0.3, 0.4) is 0 Å². The number of carbonyl (C=O) groups excluding carboxylic acids is 1. The van der Waals surface area contributed by atoms with Crippen molar-refractivity contribution in [3.8, 4) is 0 Å². The molecule has 124 valence electrons. The van der Waals surface area contributed by atoms with Crippen LogP contribution in [0.1, 0.15) is 25.7 Å². The predicted molar refractivity (Wildman–Crippen MR) is 77.4 cm³/mol. The maximum absolute atomic E-state index is 11.9. The molecule has 0 spiro atoms. The summed E-state index contributed by atoms with van der Waals surface area (Å²) in [5.74, 6) is -0.00736. The van der Waals surface area contributed by atoms with Crippen LogP contribution in [-0.4, -0.2) is 74.6 Å². The number of rotatable bonds is 10. The number of nitrogens with two attached hydrogens (primary N) is 1. The van der Waals surface area contributed by atoms with Gasteiger partial charge in [-0.25, -0.2) is 8.78 Å². The summed E-state index contributed by atoms with van der Waals surface area (Å²) in [5, 5.41) is 0. The largest absolute Gasteiger partial charge is 0.375 e. The van der Waals surface area contributed by atoms with Crippen molar-refractivity contribution in [2.75, 3.05) is 52.5 Å². The summed E-state index contributed by atoms with van der Waals surface area (Å²) >= 11 is 0. The van der Waals surface area contributed by atoms with Crippen molar-refractivity contribution in [2.24, 2.45) is 5.73 Å². The van der Waals surface area contributed by atoms with Gasteiger partial charge < -0.3 is 15.4 Å². The molecule has 1 heterocycles. The first-order valence-electron chi connectivity index (χ1n) is 7.69. The highest BCUT2D eigenvalue weighted by Crippen LogP contribution is 2.06. The van der Waals surface area contributed by atoms with Crippen molar-refractivity contribution >= 4 is 5.91 Å². The number of piperazine rings is 1. The number of ether oxygens (including phenoxy) is 1. The highest BCUT2D eigenvalue weighted by atomic mass is 19.3. The summed E-state index contributed by atoms with van der Waals surface area (Å²) in [7, 11) is 0.